The van der Waals surface area contributed by atoms with Crippen LogP contribution in [0.5, 0.6) is 0 Å². The van der Waals surface area contributed by atoms with E-state index in [0.29, 0.717) is 11.1 Å². The van der Waals surface area contributed by atoms with Gasteiger partial charge in [0.05, 0.1) is 0 Å². The molecule has 0 aliphatic carbocycles. The van der Waals surface area contributed by atoms with Gasteiger partial charge in [-0.05, 0) is 38.1 Å². The summed E-state index contributed by atoms with van der Waals surface area (Å²) in [4.78, 5) is 18.8. The summed E-state index contributed by atoms with van der Waals surface area (Å²) in [5, 5.41) is 3.38. The number of carbonyl (C=O) groups excluding carboxylic acids is 1. The highest BCUT2D eigenvalue weighted by Gasteiger charge is 2.45. The summed E-state index contributed by atoms with van der Waals surface area (Å²) in [5.74, 6) is 0.0675. The number of carbonyl (C=O) groups is 1. The van der Waals surface area contributed by atoms with E-state index < -0.39 is 0 Å². The fourth-order valence-electron chi connectivity index (χ4n) is 3.38. The molecule has 1 spiro atoms. The Kier molecular flexibility index (Phi) is 2.57. The van der Waals surface area contributed by atoms with Crippen LogP contribution in [-0.2, 0) is 0 Å². The fourth-order valence-corrected chi connectivity index (χ4v) is 3.38. The van der Waals surface area contributed by atoms with Gasteiger partial charge in [0.2, 0.25) is 0 Å². The van der Waals surface area contributed by atoms with Crippen molar-refractivity contribution < 1.29 is 4.79 Å². The van der Waals surface area contributed by atoms with E-state index >= 15 is 0 Å². The molecule has 104 valence electrons. The monoisotopic (exact) mass is 270 g/mol. The molecule has 4 heterocycles. The number of likely N-dealkylation sites (tertiary alicyclic amines) is 1. The van der Waals surface area contributed by atoms with Gasteiger partial charge in [0.15, 0.2) is 0 Å². The lowest BCUT2D eigenvalue weighted by atomic mass is 9.72. The molecule has 2 aliphatic heterocycles. The molecule has 0 aromatic carbocycles. The first-order valence-electron chi connectivity index (χ1n) is 7.20. The number of hydrogen-bond acceptors (Lipinski definition) is 3. The molecule has 5 heteroatoms. The summed E-state index contributed by atoms with van der Waals surface area (Å²) >= 11 is 0. The van der Waals surface area contributed by atoms with E-state index in [1.165, 1.54) is 12.8 Å². The average Bonchev–Trinajstić information content (AvgIpc) is 2.88. The molecular weight excluding hydrogens is 252 g/mol. The van der Waals surface area contributed by atoms with E-state index in [1.807, 2.05) is 39.9 Å². The summed E-state index contributed by atoms with van der Waals surface area (Å²) in [7, 11) is 0. The molecule has 2 saturated heterocycles. The number of piperidine rings is 1. The Morgan fingerprint density at radius 1 is 1.25 bits per heavy atom. The molecule has 5 nitrogen and oxygen atoms in total. The third kappa shape index (κ3) is 1.81. The molecule has 1 amide bonds. The van der Waals surface area contributed by atoms with Gasteiger partial charge in [-0.25, -0.2) is 4.98 Å². The Bertz CT molecular complexity index is 616. The van der Waals surface area contributed by atoms with Gasteiger partial charge in [-0.1, -0.05) is 6.07 Å². The molecule has 2 aliphatic rings. The van der Waals surface area contributed by atoms with Crippen molar-refractivity contribution in [2.24, 2.45) is 5.41 Å². The Balaban J connectivity index is 1.51. The molecule has 20 heavy (non-hydrogen) atoms. The van der Waals surface area contributed by atoms with Crippen molar-refractivity contribution in [2.75, 3.05) is 26.2 Å². The van der Waals surface area contributed by atoms with Crippen molar-refractivity contribution in [3.05, 3.63) is 36.3 Å². The second kappa shape index (κ2) is 4.31. The minimum atomic E-state index is 0.0675. The van der Waals surface area contributed by atoms with Gasteiger partial charge in [0.1, 0.15) is 11.3 Å². The summed E-state index contributed by atoms with van der Waals surface area (Å²) < 4.78 is 1.90. The van der Waals surface area contributed by atoms with Gasteiger partial charge in [-0.15, -0.1) is 0 Å². The highest BCUT2D eigenvalue weighted by atomic mass is 16.2. The Hall–Kier alpha value is -1.88. The Labute approximate surface area is 117 Å². The highest BCUT2D eigenvalue weighted by molar-refractivity contribution is 5.93. The molecule has 1 N–H and O–H groups in total. The maximum absolute atomic E-state index is 12.5. The van der Waals surface area contributed by atoms with Crippen LogP contribution in [0.2, 0.25) is 0 Å². The highest BCUT2D eigenvalue weighted by Crippen LogP contribution is 2.39. The quantitative estimate of drug-likeness (QED) is 0.846. The van der Waals surface area contributed by atoms with E-state index in [9.17, 15) is 4.79 Å². The largest absolute Gasteiger partial charge is 0.336 e. The lowest BCUT2D eigenvalue weighted by Gasteiger charge is -2.52. The molecule has 0 saturated carbocycles. The second-order valence-corrected chi connectivity index (χ2v) is 6.00. The number of amides is 1. The topological polar surface area (TPSA) is 49.6 Å². The predicted molar refractivity (Wildman–Crippen MR) is 75.6 cm³/mol. The minimum Gasteiger partial charge on any atom is -0.336 e. The first-order chi connectivity index (χ1) is 9.76. The van der Waals surface area contributed by atoms with E-state index in [-0.39, 0.29) is 5.91 Å². The van der Waals surface area contributed by atoms with Crippen LogP contribution < -0.4 is 5.32 Å². The molecular formula is C15H18N4O. The van der Waals surface area contributed by atoms with Crippen molar-refractivity contribution in [3.63, 3.8) is 0 Å². The van der Waals surface area contributed by atoms with Crippen LogP contribution in [0.15, 0.2) is 30.6 Å². The van der Waals surface area contributed by atoms with Crippen LogP contribution in [-0.4, -0.2) is 46.4 Å². The zero-order chi connectivity index (χ0) is 13.6. The van der Waals surface area contributed by atoms with E-state index in [2.05, 4.69) is 10.3 Å². The minimum absolute atomic E-state index is 0.0675. The molecule has 0 radical (unpaired) electrons. The zero-order valence-corrected chi connectivity index (χ0v) is 11.4. The summed E-state index contributed by atoms with van der Waals surface area (Å²) in [6.07, 6.45) is 6.11. The van der Waals surface area contributed by atoms with Gasteiger partial charge in [-0.3, -0.25) is 4.79 Å². The van der Waals surface area contributed by atoms with Crippen molar-refractivity contribution >= 4 is 11.6 Å². The van der Waals surface area contributed by atoms with Crippen molar-refractivity contribution in [1.82, 2.24) is 19.6 Å². The van der Waals surface area contributed by atoms with Crippen molar-refractivity contribution in [2.45, 2.75) is 12.8 Å². The summed E-state index contributed by atoms with van der Waals surface area (Å²) in [6.45, 7) is 3.94. The molecule has 2 fully saturated rings. The molecule has 0 bridgehead atoms. The molecule has 0 atom stereocenters. The summed E-state index contributed by atoms with van der Waals surface area (Å²) in [6, 6.07) is 5.79. The van der Waals surface area contributed by atoms with E-state index in [0.717, 1.165) is 31.8 Å². The van der Waals surface area contributed by atoms with E-state index in [1.54, 1.807) is 0 Å². The number of imidazole rings is 1. The van der Waals surface area contributed by atoms with Crippen LogP contribution in [0.25, 0.3) is 5.65 Å². The lowest BCUT2D eigenvalue weighted by molar-refractivity contribution is -0.0117. The number of fused-ring (bicyclic) bond motifs is 1. The van der Waals surface area contributed by atoms with Crippen LogP contribution in [0, 0.1) is 5.41 Å². The third-order valence-electron chi connectivity index (χ3n) is 4.59. The number of pyridine rings is 1. The SMILES string of the molecule is O=C(c1cn2ccccc2n1)N1CC2(CCNCC2)C1. The molecule has 0 unspecified atom stereocenters. The number of aromatic nitrogens is 2. The number of nitrogens with zero attached hydrogens (tertiary/aromatic N) is 3. The lowest BCUT2D eigenvalue weighted by Crippen LogP contribution is -2.61. The Morgan fingerprint density at radius 3 is 2.80 bits per heavy atom. The third-order valence-corrected chi connectivity index (χ3v) is 4.59. The molecule has 2 aromatic rings. The molecule has 2 aromatic heterocycles. The van der Waals surface area contributed by atoms with E-state index in [4.69, 9.17) is 0 Å². The number of nitrogens with one attached hydrogen (secondary N) is 1. The van der Waals surface area contributed by atoms with Crippen molar-refractivity contribution in [1.29, 1.82) is 0 Å². The van der Waals surface area contributed by atoms with Gasteiger partial charge < -0.3 is 14.6 Å². The van der Waals surface area contributed by atoms with Crippen LogP contribution in [0.1, 0.15) is 23.3 Å². The normalized spacial score (nSPS) is 21.1. The standard InChI is InChI=1S/C15H18N4O/c20-14(12-9-18-8-2-1-3-13(18)17-12)19-10-15(11-19)4-6-16-7-5-15/h1-3,8-9,16H,4-7,10-11H2. The van der Waals surface area contributed by atoms with Crippen LogP contribution in [0.4, 0.5) is 0 Å². The van der Waals surface area contributed by atoms with Crippen molar-refractivity contribution in [3.8, 4) is 0 Å². The maximum atomic E-state index is 12.5. The number of rotatable bonds is 1. The van der Waals surface area contributed by atoms with Gasteiger partial charge in [0, 0.05) is 30.9 Å². The average molecular weight is 270 g/mol. The first kappa shape index (κ1) is 11.9. The second-order valence-electron chi connectivity index (χ2n) is 6.00. The predicted octanol–water partition coefficient (Wildman–Crippen LogP) is 1.16. The van der Waals surface area contributed by atoms with Gasteiger partial charge in [0.25, 0.3) is 5.91 Å². The Morgan fingerprint density at radius 2 is 2.05 bits per heavy atom. The maximum Gasteiger partial charge on any atom is 0.274 e. The molecule has 4 rings (SSSR count). The van der Waals surface area contributed by atoms with Crippen LogP contribution >= 0.6 is 0 Å². The fraction of sp³-hybridized carbons (Fsp3) is 0.467. The smallest absolute Gasteiger partial charge is 0.274 e. The first-order valence-corrected chi connectivity index (χ1v) is 7.20. The van der Waals surface area contributed by atoms with Gasteiger partial charge in [-0.2, -0.15) is 0 Å². The zero-order valence-electron chi connectivity index (χ0n) is 11.4. The van der Waals surface area contributed by atoms with Crippen LogP contribution in [0.3, 0.4) is 0 Å². The summed E-state index contributed by atoms with van der Waals surface area (Å²) in [5.41, 5.74) is 1.76. The van der Waals surface area contributed by atoms with Gasteiger partial charge >= 0.3 is 0 Å². The number of hydrogen-bond donors (Lipinski definition) is 1.